The SMILES string of the molecule is Cn1c(C=O)noc1=O. The summed E-state index contributed by atoms with van der Waals surface area (Å²) in [6, 6.07) is 0. The van der Waals surface area contributed by atoms with Gasteiger partial charge in [-0.2, -0.15) is 0 Å². The van der Waals surface area contributed by atoms with Crippen molar-refractivity contribution >= 4 is 6.29 Å². The zero-order valence-corrected chi connectivity index (χ0v) is 4.70. The first-order valence-corrected chi connectivity index (χ1v) is 2.23. The quantitative estimate of drug-likeness (QED) is 0.464. The third kappa shape index (κ3) is 0.758. The molecule has 0 aliphatic heterocycles. The number of aromatic nitrogens is 2. The predicted molar refractivity (Wildman–Crippen MR) is 27.1 cm³/mol. The van der Waals surface area contributed by atoms with Gasteiger partial charge < -0.3 is 0 Å². The summed E-state index contributed by atoms with van der Waals surface area (Å²) in [5.74, 6) is -0.628. The maximum atomic E-state index is 10.4. The van der Waals surface area contributed by atoms with Crippen LogP contribution in [0.2, 0.25) is 0 Å². The van der Waals surface area contributed by atoms with Crippen molar-refractivity contribution in [3.63, 3.8) is 0 Å². The number of carbonyl (C=O) groups excluding carboxylic acids is 1. The molecule has 0 amide bonds. The second-order valence-electron chi connectivity index (χ2n) is 1.48. The molecule has 1 heterocycles. The Morgan fingerprint density at radius 2 is 2.44 bits per heavy atom. The van der Waals surface area contributed by atoms with Gasteiger partial charge in [-0.3, -0.25) is 13.9 Å². The number of aldehydes is 1. The second-order valence-corrected chi connectivity index (χ2v) is 1.48. The molecule has 5 nitrogen and oxygen atoms in total. The van der Waals surface area contributed by atoms with Crippen molar-refractivity contribution in [2.75, 3.05) is 0 Å². The van der Waals surface area contributed by atoms with Gasteiger partial charge in [0.15, 0.2) is 6.29 Å². The van der Waals surface area contributed by atoms with Crippen LogP contribution in [-0.2, 0) is 7.05 Å². The molecule has 48 valence electrons. The molecule has 0 unspecified atom stereocenters. The molecule has 0 spiro atoms. The molecule has 0 radical (unpaired) electrons. The third-order valence-electron chi connectivity index (χ3n) is 0.940. The van der Waals surface area contributed by atoms with Crippen LogP contribution in [0.4, 0.5) is 0 Å². The summed E-state index contributed by atoms with van der Waals surface area (Å²) in [7, 11) is 1.41. The molecule has 5 heteroatoms. The summed E-state index contributed by atoms with van der Waals surface area (Å²) in [6.45, 7) is 0. The highest BCUT2D eigenvalue weighted by Crippen LogP contribution is 1.79. The number of nitrogens with zero attached hydrogens (tertiary/aromatic N) is 2. The fourth-order valence-electron chi connectivity index (χ4n) is 0.402. The Bertz CT molecular complexity index is 272. The van der Waals surface area contributed by atoms with Crippen molar-refractivity contribution < 1.29 is 9.32 Å². The van der Waals surface area contributed by atoms with Gasteiger partial charge in [-0.25, -0.2) is 4.79 Å². The van der Waals surface area contributed by atoms with Gasteiger partial charge in [-0.1, -0.05) is 5.16 Å². The molecule has 9 heavy (non-hydrogen) atoms. The van der Waals surface area contributed by atoms with Crippen LogP contribution in [-0.4, -0.2) is 16.0 Å². The van der Waals surface area contributed by atoms with Crippen LogP contribution in [0.5, 0.6) is 0 Å². The highest BCUT2D eigenvalue weighted by Gasteiger charge is 2.01. The Balaban J connectivity index is 3.35. The summed E-state index contributed by atoms with van der Waals surface area (Å²) in [4.78, 5) is 20.3. The zero-order chi connectivity index (χ0) is 6.85. The van der Waals surface area contributed by atoms with Gasteiger partial charge in [0.25, 0.3) is 0 Å². The molecular formula is C4H4N2O3. The summed E-state index contributed by atoms with van der Waals surface area (Å²) >= 11 is 0. The normalized spacial score (nSPS) is 9.44. The van der Waals surface area contributed by atoms with E-state index in [4.69, 9.17) is 0 Å². The molecule has 0 atom stereocenters. The van der Waals surface area contributed by atoms with E-state index in [9.17, 15) is 9.59 Å². The van der Waals surface area contributed by atoms with Crippen molar-refractivity contribution in [1.82, 2.24) is 9.72 Å². The lowest BCUT2D eigenvalue weighted by Crippen LogP contribution is -2.11. The number of carbonyl (C=O) groups is 1. The first-order valence-electron chi connectivity index (χ1n) is 2.23. The van der Waals surface area contributed by atoms with Crippen LogP contribution in [0.3, 0.4) is 0 Å². The average molecular weight is 128 g/mol. The molecular weight excluding hydrogens is 124 g/mol. The average Bonchev–Trinajstić information content (AvgIpc) is 2.15. The number of rotatable bonds is 1. The first-order chi connectivity index (χ1) is 4.25. The lowest BCUT2D eigenvalue weighted by atomic mass is 10.7. The fraction of sp³-hybridized carbons (Fsp3) is 0.250. The van der Waals surface area contributed by atoms with E-state index < -0.39 is 5.76 Å². The van der Waals surface area contributed by atoms with Gasteiger partial charge >= 0.3 is 5.76 Å². The molecule has 0 aliphatic rings. The van der Waals surface area contributed by atoms with Crippen LogP contribution in [0.1, 0.15) is 10.6 Å². The summed E-state index contributed by atoms with van der Waals surface area (Å²) in [5.41, 5.74) is 0. The van der Waals surface area contributed by atoms with E-state index in [2.05, 4.69) is 9.68 Å². The van der Waals surface area contributed by atoms with Gasteiger partial charge in [-0.15, -0.1) is 0 Å². The van der Waals surface area contributed by atoms with Crippen molar-refractivity contribution in [3.05, 3.63) is 16.4 Å². The van der Waals surface area contributed by atoms with Crippen LogP contribution in [0.25, 0.3) is 0 Å². The molecule has 0 saturated heterocycles. The highest BCUT2D eigenvalue weighted by atomic mass is 16.5. The van der Waals surface area contributed by atoms with E-state index >= 15 is 0 Å². The largest absolute Gasteiger partial charge is 0.441 e. The van der Waals surface area contributed by atoms with Gasteiger partial charge in [0, 0.05) is 7.05 Å². The van der Waals surface area contributed by atoms with Crippen LogP contribution >= 0.6 is 0 Å². The molecule has 0 fully saturated rings. The Labute approximate surface area is 49.9 Å². The molecule has 0 aromatic carbocycles. The number of hydrogen-bond donors (Lipinski definition) is 0. The van der Waals surface area contributed by atoms with Crippen LogP contribution in [0, 0.1) is 0 Å². The molecule has 0 saturated carbocycles. The maximum Gasteiger partial charge on any atom is 0.441 e. The van der Waals surface area contributed by atoms with E-state index in [1.54, 1.807) is 0 Å². The van der Waals surface area contributed by atoms with Crippen molar-refractivity contribution in [3.8, 4) is 0 Å². The second kappa shape index (κ2) is 1.85. The minimum absolute atomic E-state index is 0.000000000000000222. The standard InChI is InChI=1S/C4H4N2O3/c1-6-3(2-7)5-9-4(6)8/h2H,1H3. The Kier molecular flexibility index (Phi) is 1.18. The fourth-order valence-corrected chi connectivity index (χ4v) is 0.402. The van der Waals surface area contributed by atoms with Gasteiger partial charge in [-0.05, 0) is 0 Å². The van der Waals surface area contributed by atoms with Crippen LogP contribution in [0.15, 0.2) is 9.32 Å². The molecule has 0 bridgehead atoms. The van der Waals surface area contributed by atoms with E-state index in [1.165, 1.54) is 7.05 Å². The minimum atomic E-state index is -0.628. The zero-order valence-electron chi connectivity index (χ0n) is 4.70. The van der Waals surface area contributed by atoms with E-state index in [1.807, 2.05) is 0 Å². The minimum Gasteiger partial charge on any atom is -0.295 e. The third-order valence-corrected chi connectivity index (χ3v) is 0.940. The smallest absolute Gasteiger partial charge is 0.295 e. The van der Waals surface area contributed by atoms with E-state index in [-0.39, 0.29) is 5.82 Å². The molecule has 0 N–H and O–H groups in total. The Hall–Kier alpha value is -1.39. The monoisotopic (exact) mass is 128 g/mol. The summed E-state index contributed by atoms with van der Waals surface area (Å²) in [5, 5.41) is 3.14. The first kappa shape index (κ1) is 5.74. The lowest BCUT2D eigenvalue weighted by Gasteiger charge is -1.80. The van der Waals surface area contributed by atoms with Crippen molar-refractivity contribution in [2.24, 2.45) is 7.05 Å². The molecule has 1 aromatic heterocycles. The van der Waals surface area contributed by atoms with Gasteiger partial charge in [0.2, 0.25) is 5.82 Å². The number of hydrogen-bond acceptors (Lipinski definition) is 4. The molecule has 1 rings (SSSR count). The molecule has 0 aliphatic carbocycles. The summed E-state index contributed by atoms with van der Waals surface area (Å²) < 4.78 is 5.13. The van der Waals surface area contributed by atoms with E-state index in [0.717, 1.165) is 4.57 Å². The van der Waals surface area contributed by atoms with Crippen LogP contribution < -0.4 is 5.76 Å². The predicted octanol–water partition coefficient (Wildman–Crippen LogP) is -0.814. The Morgan fingerprint density at radius 1 is 1.78 bits per heavy atom. The van der Waals surface area contributed by atoms with Crippen molar-refractivity contribution in [1.29, 1.82) is 0 Å². The summed E-state index contributed by atoms with van der Waals surface area (Å²) in [6.07, 6.45) is 0.449. The van der Waals surface area contributed by atoms with Crippen molar-refractivity contribution in [2.45, 2.75) is 0 Å². The lowest BCUT2D eigenvalue weighted by molar-refractivity contribution is 0.110. The molecule has 1 aromatic rings. The van der Waals surface area contributed by atoms with Gasteiger partial charge in [0.1, 0.15) is 0 Å². The van der Waals surface area contributed by atoms with E-state index in [0.29, 0.717) is 6.29 Å². The Morgan fingerprint density at radius 3 is 2.67 bits per heavy atom. The van der Waals surface area contributed by atoms with Gasteiger partial charge in [0.05, 0.1) is 0 Å². The highest BCUT2D eigenvalue weighted by molar-refractivity contribution is 5.68. The topological polar surface area (TPSA) is 65.1 Å². The maximum absolute atomic E-state index is 10.4.